The molecule has 0 atom stereocenters. The molecule has 0 radical (unpaired) electrons. The summed E-state index contributed by atoms with van der Waals surface area (Å²) in [6.07, 6.45) is 0. The molecule has 4 nitrogen and oxygen atoms in total. The summed E-state index contributed by atoms with van der Waals surface area (Å²) in [6.45, 7) is 3.66. The lowest BCUT2D eigenvalue weighted by molar-refractivity contribution is 0.505. The Kier molecular flexibility index (Phi) is 4.24. The van der Waals surface area contributed by atoms with E-state index in [1.807, 2.05) is 13.0 Å². The highest BCUT2D eigenvalue weighted by molar-refractivity contribution is 7.89. The van der Waals surface area contributed by atoms with E-state index in [1.54, 1.807) is 19.1 Å². The number of likely N-dealkylation sites (N-methyl/N-ethyl adjacent to an activating group) is 1. The second-order valence-electron chi connectivity index (χ2n) is 4.00. The highest BCUT2D eigenvalue weighted by Gasteiger charge is 2.23. The molecule has 6 heteroatoms. The van der Waals surface area contributed by atoms with Gasteiger partial charge in [-0.05, 0) is 31.0 Å². The van der Waals surface area contributed by atoms with Gasteiger partial charge in [0.15, 0.2) is 0 Å². The standard InChI is InChI=1S/C11H16N2O2S2/c1-8-4-5-9(2)10(6-8)17(14,15)13(3)7-11(12)16/h4-6H,7H2,1-3H3,(H2,12,16). The Hall–Kier alpha value is -0.980. The van der Waals surface area contributed by atoms with Gasteiger partial charge < -0.3 is 5.73 Å². The van der Waals surface area contributed by atoms with Gasteiger partial charge in [0.05, 0.1) is 16.4 Å². The summed E-state index contributed by atoms with van der Waals surface area (Å²) in [5, 5.41) is 0. The van der Waals surface area contributed by atoms with E-state index < -0.39 is 10.0 Å². The number of benzene rings is 1. The third-order valence-electron chi connectivity index (χ3n) is 2.41. The van der Waals surface area contributed by atoms with Crippen LogP contribution in [0.25, 0.3) is 0 Å². The van der Waals surface area contributed by atoms with E-state index in [-0.39, 0.29) is 11.5 Å². The second kappa shape index (κ2) is 5.12. The average molecular weight is 272 g/mol. The van der Waals surface area contributed by atoms with Crippen molar-refractivity contribution in [2.45, 2.75) is 18.7 Å². The fourth-order valence-corrected chi connectivity index (χ4v) is 3.19. The van der Waals surface area contributed by atoms with Gasteiger partial charge in [0, 0.05) is 7.05 Å². The number of hydrogen-bond donors (Lipinski definition) is 1. The SMILES string of the molecule is Cc1ccc(C)c(S(=O)(=O)N(C)CC(N)=S)c1. The zero-order valence-corrected chi connectivity index (χ0v) is 11.7. The van der Waals surface area contributed by atoms with Crippen LogP contribution < -0.4 is 5.73 Å². The van der Waals surface area contributed by atoms with Crippen molar-refractivity contribution >= 4 is 27.2 Å². The highest BCUT2D eigenvalue weighted by atomic mass is 32.2. The Morgan fingerprint density at radius 2 is 2.00 bits per heavy atom. The molecule has 0 aliphatic rings. The van der Waals surface area contributed by atoms with E-state index in [0.29, 0.717) is 10.5 Å². The molecule has 0 bridgehead atoms. The van der Waals surface area contributed by atoms with Gasteiger partial charge in [0.2, 0.25) is 10.0 Å². The monoisotopic (exact) mass is 272 g/mol. The van der Waals surface area contributed by atoms with Gasteiger partial charge in [-0.1, -0.05) is 24.4 Å². The van der Waals surface area contributed by atoms with Gasteiger partial charge in [0.1, 0.15) is 0 Å². The number of hydrogen-bond acceptors (Lipinski definition) is 3. The number of nitrogens with two attached hydrogens (primary N) is 1. The normalized spacial score (nSPS) is 11.8. The average Bonchev–Trinajstić information content (AvgIpc) is 2.20. The van der Waals surface area contributed by atoms with Crippen molar-refractivity contribution in [2.75, 3.05) is 13.6 Å². The first-order valence-corrected chi connectivity index (χ1v) is 6.92. The van der Waals surface area contributed by atoms with Crippen molar-refractivity contribution < 1.29 is 8.42 Å². The quantitative estimate of drug-likeness (QED) is 0.837. The molecule has 0 spiro atoms. The van der Waals surface area contributed by atoms with Crippen LogP contribution in [0.5, 0.6) is 0 Å². The molecule has 0 amide bonds. The Morgan fingerprint density at radius 1 is 1.41 bits per heavy atom. The third-order valence-corrected chi connectivity index (χ3v) is 4.48. The van der Waals surface area contributed by atoms with Gasteiger partial charge in [0.25, 0.3) is 0 Å². The van der Waals surface area contributed by atoms with E-state index in [9.17, 15) is 8.42 Å². The van der Waals surface area contributed by atoms with Crippen LogP contribution in [0, 0.1) is 13.8 Å². The van der Waals surface area contributed by atoms with Crippen molar-refractivity contribution in [3.05, 3.63) is 29.3 Å². The summed E-state index contributed by atoms with van der Waals surface area (Å²) < 4.78 is 25.7. The first kappa shape index (κ1) is 14.1. The topological polar surface area (TPSA) is 63.4 Å². The largest absolute Gasteiger partial charge is 0.392 e. The van der Waals surface area contributed by atoms with Crippen molar-refractivity contribution in [1.29, 1.82) is 0 Å². The van der Waals surface area contributed by atoms with Crippen LogP contribution in [0.4, 0.5) is 0 Å². The van der Waals surface area contributed by atoms with Crippen LogP contribution in [0.2, 0.25) is 0 Å². The fourth-order valence-electron chi connectivity index (χ4n) is 1.46. The summed E-state index contributed by atoms with van der Waals surface area (Å²) in [4.78, 5) is 0.456. The van der Waals surface area contributed by atoms with E-state index >= 15 is 0 Å². The predicted molar refractivity (Wildman–Crippen MR) is 72.5 cm³/mol. The van der Waals surface area contributed by atoms with Crippen molar-refractivity contribution in [1.82, 2.24) is 4.31 Å². The molecule has 0 saturated heterocycles. The van der Waals surface area contributed by atoms with Crippen LogP contribution in [0.15, 0.2) is 23.1 Å². The van der Waals surface area contributed by atoms with Crippen LogP contribution in [-0.4, -0.2) is 31.3 Å². The van der Waals surface area contributed by atoms with Gasteiger partial charge in [-0.3, -0.25) is 0 Å². The second-order valence-corrected chi connectivity index (χ2v) is 6.53. The molecule has 0 unspecified atom stereocenters. The van der Waals surface area contributed by atoms with Crippen LogP contribution in [-0.2, 0) is 10.0 Å². The van der Waals surface area contributed by atoms with E-state index in [2.05, 4.69) is 0 Å². The highest BCUT2D eigenvalue weighted by Crippen LogP contribution is 2.20. The number of sulfonamides is 1. The number of nitrogens with zero attached hydrogens (tertiary/aromatic N) is 1. The molecular formula is C11H16N2O2S2. The maximum Gasteiger partial charge on any atom is 0.243 e. The summed E-state index contributed by atoms with van der Waals surface area (Å²) in [7, 11) is -2.05. The molecule has 0 aromatic heterocycles. The lowest BCUT2D eigenvalue weighted by Gasteiger charge is -2.18. The molecule has 94 valence electrons. The molecule has 0 saturated carbocycles. The first-order chi connectivity index (χ1) is 7.75. The lowest BCUT2D eigenvalue weighted by Crippen LogP contribution is -2.34. The maximum absolute atomic E-state index is 12.3. The molecule has 0 aliphatic carbocycles. The van der Waals surface area contributed by atoms with E-state index in [4.69, 9.17) is 18.0 Å². The summed E-state index contributed by atoms with van der Waals surface area (Å²) in [5.74, 6) is 0. The Bertz CT molecular complexity index is 538. The zero-order valence-electron chi connectivity index (χ0n) is 10.1. The third kappa shape index (κ3) is 3.24. The smallest absolute Gasteiger partial charge is 0.243 e. The number of rotatable bonds is 4. The Labute approximate surface area is 107 Å². The van der Waals surface area contributed by atoms with E-state index in [0.717, 1.165) is 9.87 Å². The summed E-state index contributed by atoms with van der Waals surface area (Å²) >= 11 is 4.72. The Balaban J connectivity index is 3.21. The van der Waals surface area contributed by atoms with E-state index in [1.165, 1.54) is 7.05 Å². The molecule has 2 N–H and O–H groups in total. The lowest BCUT2D eigenvalue weighted by atomic mass is 10.2. The van der Waals surface area contributed by atoms with Crippen LogP contribution in [0.1, 0.15) is 11.1 Å². The minimum Gasteiger partial charge on any atom is -0.392 e. The maximum atomic E-state index is 12.3. The van der Waals surface area contributed by atoms with Crippen molar-refractivity contribution in [2.24, 2.45) is 5.73 Å². The molecule has 0 heterocycles. The molecule has 0 aliphatic heterocycles. The zero-order chi connectivity index (χ0) is 13.2. The Morgan fingerprint density at radius 3 is 2.53 bits per heavy atom. The van der Waals surface area contributed by atoms with Crippen LogP contribution >= 0.6 is 12.2 Å². The number of aryl methyl sites for hydroxylation is 2. The van der Waals surface area contributed by atoms with Gasteiger partial charge in [-0.25, -0.2) is 8.42 Å². The van der Waals surface area contributed by atoms with Gasteiger partial charge in [-0.2, -0.15) is 4.31 Å². The summed E-state index contributed by atoms with van der Waals surface area (Å²) in [6, 6.07) is 5.32. The van der Waals surface area contributed by atoms with Crippen molar-refractivity contribution in [3.63, 3.8) is 0 Å². The van der Waals surface area contributed by atoms with Gasteiger partial charge in [-0.15, -0.1) is 0 Å². The minimum atomic E-state index is -3.52. The molecule has 1 aromatic carbocycles. The fraction of sp³-hybridized carbons (Fsp3) is 0.364. The molecule has 1 rings (SSSR count). The minimum absolute atomic E-state index is 0.0467. The molecular weight excluding hydrogens is 256 g/mol. The number of thiocarbonyl (C=S) groups is 1. The van der Waals surface area contributed by atoms with Crippen molar-refractivity contribution in [3.8, 4) is 0 Å². The van der Waals surface area contributed by atoms with Gasteiger partial charge >= 0.3 is 0 Å². The predicted octanol–water partition coefficient (Wildman–Crippen LogP) is 1.21. The van der Waals surface area contributed by atoms with Crippen LogP contribution in [0.3, 0.4) is 0 Å². The molecule has 0 fully saturated rings. The molecule has 17 heavy (non-hydrogen) atoms. The molecule has 1 aromatic rings. The summed E-state index contributed by atoms with van der Waals surface area (Å²) in [5.41, 5.74) is 6.98. The first-order valence-electron chi connectivity index (χ1n) is 5.07.